The van der Waals surface area contributed by atoms with Crippen LogP contribution in [-0.4, -0.2) is 30.5 Å². The molecule has 100 valence electrons. The predicted octanol–water partition coefficient (Wildman–Crippen LogP) is 2.61. The fraction of sp³-hybridized carbons (Fsp3) is 0.545. The van der Waals surface area contributed by atoms with Crippen LogP contribution in [0.5, 0.6) is 5.75 Å². The average molecular weight is 265 g/mol. The first kappa shape index (κ1) is 13.1. The van der Waals surface area contributed by atoms with E-state index in [0.717, 1.165) is 6.92 Å². The molecule has 0 N–H and O–H groups in total. The number of nitrogens with zero attached hydrogens (tertiary/aromatic N) is 1. The molecule has 1 saturated heterocycles. The van der Waals surface area contributed by atoms with Gasteiger partial charge in [0.05, 0.1) is 18.8 Å². The molecule has 1 atom stereocenters. The van der Waals surface area contributed by atoms with Crippen LogP contribution in [0.4, 0.5) is 17.6 Å². The second-order valence-corrected chi connectivity index (χ2v) is 4.13. The monoisotopic (exact) mass is 265 g/mol. The van der Waals surface area contributed by atoms with Crippen LogP contribution in [0, 0.1) is 0 Å². The van der Waals surface area contributed by atoms with E-state index in [1.807, 2.05) is 0 Å². The smallest absolute Gasteiger partial charge is 0.425 e. The van der Waals surface area contributed by atoms with Crippen molar-refractivity contribution in [2.45, 2.75) is 24.9 Å². The number of pyridine rings is 1. The van der Waals surface area contributed by atoms with Gasteiger partial charge in [0.15, 0.2) is 11.8 Å². The van der Waals surface area contributed by atoms with E-state index in [0.29, 0.717) is 0 Å². The van der Waals surface area contributed by atoms with Gasteiger partial charge in [0.1, 0.15) is 5.75 Å². The Bertz CT molecular complexity index is 431. The summed E-state index contributed by atoms with van der Waals surface area (Å²) in [6.45, 7) is 0.470. The first-order chi connectivity index (χ1) is 8.33. The first-order valence-electron chi connectivity index (χ1n) is 5.27. The van der Waals surface area contributed by atoms with Crippen LogP contribution in [0.2, 0.25) is 0 Å². The number of alkyl halides is 4. The second kappa shape index (κ2) is 4.38. The zero-order valence-electron chi connectivity index (χ0n) is 9.50. The number of rotatable bonds is 3. The molecular formula is C11H11F4NO2. The lowest BCUT2D eigenvalue weighted by Gasteiger charge is -2.35. The minimum Gasteiger partial charge on any atom is -0.481 e. The van der Waals surface area contributed by atoms with E-state index < -0.39 is 17.9 Å². The molecule has 2 rings (SSSR count). The van der Waals surface area contributed by atoms with Crippen LogP contribution in [0.15, 0.2) is 18.5 Å². The first-order valence-corrected chi connectivity index (χ1v) is 5.27. The van der Waals surface area contributed by atoms with E-state index in [9.17, 15) is 17.6 Å². The minimum absolute atomic E-state index is 0.00708. The summed E-state index contributed by atoms with van der Waals surface area (Å²) >= 11 is 0. The van der Waals surface area contributed by atoms with E-state index in [1.54, 1.807) is 0 Å². The number of hydrogen-bond donors (Lipinski definition) is 0. The number of ether oxygens (including phenoxy) is 2. The predicted molar refractivity (Wildman–Crippen MR) is 54.0 cm³/mol. The lowest BCUT2D eigenvalue weighted by Crippen LogP contribution is -2.43. The third-order valence-electron chi connectivity index (χ3n) is 2.69. The molecular weight excluding hydrogens is 254 g/mol. The molecule has 0 amide bonds. The van der Waals surface area contributed by atoms with E-state index in [2.05, 4.69) is 4.98 Å². The number of halogens is 4. The number of hydrogen-bond acceptors (Lipinski definition) is 3. The van der Waals surface area contributed by atoms with Crippen molar-refractivity contribution < 1.29 is 27.0 Å². The largest absolute Gasteiger partial charge is 0.481 e. The molecule has 18 heavy (non-hydrogen) atoms. The fourth-order valence-corrected chi connectivity index (χ4v) is 1.51. The SMILES string of the molecule is C[C@H](Oc1ccncc1C1(F)COC1)C(F)(F)F. The molecule has 0 spiro atoms. The van der Waals surface area contributed by atoms with Gasteiger partial charge in [-0.2, -0.15) is 13.2 Å². The van der Waals surface area contributed by atoms with Crippen LogP contribution >= 0.6 is 0 Å². The average Bonchev–Trinajstić information content (AvgIpc) is 2.25. The van der Waals surface area contributed by atoms with Crippen LogP contribution < -0.4 is 4.74 Å². The summed E-state index contributed by atoms with van der Waals surface area (Å²) in [5.74, 6) is -0.152. The molecule has 0 aromatic carbocycles. The zero-order valence-corrected chi connectivity index (χ0v) is 9.50. The molecule has 0 saturated carbocycles. The Kier molecular flexibility index (Phi) is 3.18. The van der Waals surface area contributed by atoms with Crippen molar-refractivity contribution in [2.24, 2.45) is 0 Å². The highest BCUT2D eigenvalue weighted by molar-refractivity contribution is 5.37. The molecule has 0 radical (unpaired) electrons. The molecule has 1 aliphatic heterocycles. The quantitative estimate of drug-likeness (QED) is 0.787. The van der Waals surface area contributed by atoms with Crippen molar-refractivity contribution in [3.8, 4) is 5.75 Å². The van der Waals surface area contributed by atoms with Gasteiger partial charge in [-0.05, 0) is 13.0 Å². The van der Waals surface area contributed by atoms with Gasteiger partial charge in [-0.25, -0.2) is 4.39 Å². The summed E-state index contributed by atoms with van der Waals surface area (Å²) in [7, 11) is 0. The molecule has 1 fully saturated rings. The van der Waals surface area contributed by atoms with E-state index in [1.165, 1.54) is 18.5 Å². The summed E-state index contributed by atoms with van der Waals surface area (Å²) in [6, 6.07) is 1.22. The van der Waals surface area contributed by atoms with Crippen molar-refractivity contribution in [1.29, 1.82) is 0 Å². The maximum atomic E-state index is 14.1. The Morgan fingerprint density at radius 2 is 2.11 bits per heavy atom. The second-order valence-electron chi connectivity index (χ2n) is 4.13. The van der Waals surface area contributed by atoms with Gasteiger partial charge >= 0.3 is 6.18 Å². The van der Waals surface area contributed by atoms with Gasteiger partial charge in [-0.3, -0.25) is 4.98 Å². The van der Waals surface area contributed by atoms with Crippen molar-refractivity contribution >= 4 is 0 Å². The third-order valence-corrected chi connectivity index (χ3v) is 2.69. The third kappa shape index (κ3) is 2.40. The van der Waals surface area contributed by atoms with Crippen LogP contribution in [0.3, 0.4) is 0 Å². The standard InChI is InChI=1S/C11H11F4NO2/c1-7(11(13,14)15)18-9-2-3-16-4-8(9)10(12)5-17-6-10/h2-4,7H,5-6H2,1H3/t7-/m0/s1. The van der Waals surface area contributed by atoms with Gasteiger partial charge in [-0.1, -0.05) is 0 Å². The van der Waals surface area contributed by atoms with Crippen LogP contribution in [0.1, 0.15) is 12.5 Å². The lowest BCUT2D eigenvalue weighted by molar-refractivity contribution is -0.190. The van der Waals surface area contributed by atoms with Crippen LogP contribution in [0.25, 0.3) is 0 Å². The van der Waals surface area contributed by atoms with Gasteiger partial charge in [0, 0.05) is 12.4 Å². The van der Waals surface area contributed by atoms with Crippen LogP contribution in [-0.2, 0) is 10.4 Å². The molecule has 0 aliphatic carbocycles. The molecule has 1 aromatic heterocycles. The molecule has 7 heteroatoms. The maximum Gasteiger partial charge on any atom is 0.425 e. The summed E-state index contributed by atoms with van der Waals surface area (Å²) in [4.78, 5) is 3.71. The molecule has 0 bridgehead atoms. The van der Waals surface area contributed by atoms with Crippen molar-refractivity contribution in [3.05, 3.63) is 24.0 Å². The fourth-order valence-electron chi connectivity index (χ4n) is 1.51. The Hall–Kier alpha value is -1.37. The Morgan fingerprint density at radius 1 is 1.44 bits per heavy atom. The van der Waals surface area contributed by atoms with E-state index in [-0.39, 0.29) is 24.5 Å². The zero-order chi connectivity index (χ0) is 13.4. The van der Waals surface area contributed by atoms with Crippen molar-refractivity contribution in [1.82, 2.24) is 4.98 Å². The Balaban J connectivity index is 2.23. The lowest BCUT2D eigenvalue weighted by atomic mass is 9.95. The Morgan fingerprint density at radius 3 is 2.61 bits per heavy atom. The van der Waals surface area contributed by atoms with Crippen molar-refractivity contribution in [3.63, 3.8) is 0 Å². The molecule has 1 aliphatic rings. The summed E-state index contributed by atoms with van der Waals surface area (Å²) < 4.78 is 60.8. The number of aromatic nitrogens is 1. The molecule has 3 nitrogen and oxygen atoms in total. The highest BCUT2D eigenvalue weighted by atomic mass is 19.4. The summed E-state index contributed by atoms with van der Waals surface area (Å²) in [5, 5.41) is 0. The maximum absolute atomic E-state index is 14.1. The Labute approximate surface area is 101 Å². The molecule has 2 heterocycles. The van der Waals surface area contributed by atoms with Crippen molar-refractivity contribution in [2.75, 3.05) is 13.2 Å². The van der Waals surface area contributed by atoms with E-state index >= 15 is 0 Å². The molecule has 1 aromatic rings. The van der Waals surface area contributed by atoms with E-state index in [4.69, 9.17) is 9.47 Å². The van der Waals surface area contributed by atoms with Gasteiger partial charge in [-0.15, -0.1) is 0 Å². The topological polar surface area (TPSA) is 31.4 Å². The van der Waals surface area contributed by atoms with Gasteiger partial charge < -0.3 is 9.47 Å². The van der Waals surface area contributed by atoms with Gasteiger partial charge in [0.2, 0.25) is 0 Å². The molecule has 0 unspecified atom stereocenters. The highest BCUT2D eigenvalue weighted by Crippen LogP contribution is 2.39. The normalized spacial score (nSPS) is 20.1. The summed E-state index contributed by atoms with van der Waals surface area (Å²) in [6.07, 6.45) is -4.09. The summed E-state index contributed by atoms with van der Waals surface area (Å²) in [5.41, 5.74) is -1.82. The highest BCUT2D eigenvalue weighted by Gasteiger charge is 2.45. The minimum atomic E-state index is -4.50. The van der Waals surface area contributed by atoms with Gasteiger partial charge in [0.25, 0.3) is 0 Å².